The Bertz CT molecular complexity index is 800. The van der Waals surface area contributed by atoms with Gasteiger partial charge in [0.25, 0.3) is 0 Å². The van der Waals surface area contributed by atoms with Gasteiger partial charge in [-0.05, 0) is 29.1 Å². The summed E-state index contributed by atoms with van der Waals surface area (Å²) in [4.78, 5) is 1.28. The van der Waals surface area contributed by atoms with E-state index in [4.69, 9.17) is 0 Å². The Balaban J connectivity index is 1.77. The largest absolute Gasteiger partial charge is 0.298 e. The molecular formula is C21H23N3S. The summed E-state index contributed by atoms with van der Waals surface area (Å²) in [5.41, 5.74) is 3.81. The van der Waals surface area contributed by atoms with Crippen LogP contribution < -0.4 is 5.32 Å². The van der Waals surface area contributed by atoms with Crippen LogP contribution in [0.25, 0.3) is 0 Å². The number of fused-ring (bicyclic) bond motifs is 1. The van der Waals surface area contributed by atoms with E-state index in [9.17, 15) is 0 Å². The molecule has 0 saturated carbocycles. The Kier molecular flexibility index (Phi) is 4.90. The lowest BCUT2D eigenvalue weighted by atomic mass is 9.80. The maximum Gasteiger partial charge on any atom is 0.0857 e. The molecule has 1 aliphatic heterocycles. The number of nitrogens with one attached hydrogen (secondary N) is 1. The number of hydrogen-bond acceptors (Lipinski definition) is 4. The van der Waals surface area contributed by atoms with Gasteiger partial charge in [0, 0.05) is 12.0 Å². The average Bonchev–Trinajstić information content (AvgIpc) is 3.17. The summed E-state index contributed by atoms with van der Waals surface area (Å²) in [5, 5.41) is 8.49. The summed E-state index contributed by atoms with van der Waals surface area (Å²) >= 11 is 1.54. The smallest absolute Gasteiger partial charge is 0.0857 e. The summed E-state index contributed by atoms with van der Waals surface area (Å²) in [6.45, 7) is 2.25. The number of benzene rings is 2. The van der Waals surface area contributed by atoms with Crippen LogP contribution in [-0.2, 0) is 0 Å². The highest BCUT2D eigenvalue weighted by Gasteiger charge is 2.38. The lowest BCUT2D eigenvalue weighted by molar-refractivity contribution is 0.357. The number of aromatic nitrogens is 2. The molecule has 2 heterocycles. The van der Waals surface area contributed by atoms with Crippen LogP contribution in [0.1, 0.15) is 65.9 Å². The van der Waals surface area contributed by atoms with Gasteiger partial charge in [-0.25, -0.2) is 0 Å². The molecular weight excluding hydrogens is 326 g/mol. The van der Waals surface area contributed by atoms with E-state index in [-0.39, 0.29) is 12.1 Å². The maximum atomic E-state index is 4.57. The van der Waals surface area contributed by atoms with Crippen LogP contribution in [0.3, 0.4) is 0 Å². The fourth-order valence-corrected chi connectivity index (χ4v) is 4.61. The first-order valence-corrected chi connectivity index (χ1v) is 9.84. The van der Waals surface area contributed by atoms with Crippen LogP contribution in [0.2, 0.25) is 0 Å². The topological polar surface area (TPSA) is 37.8 Å². The summed E-state index contributed by atoms with van der Waals surface area (Å²) in [6.07, 6.45) is 3.55. The molecule has 3 atom stereocenters. The van der Waals surface area contributed by atoms with E-state index in [1.807, 2.05) is 0 Å². The van der Waals surface area contributed by atoms with Gasteiger partial charge in [0.2, 0.25) is 0 Å². The van der Waals surface area contributed by atoms with E-state index in [1.165, 1.54) is 46.1 Å². The summed E-state index contributed by atoms with van der Waals surface area (Å²) in [6, 6.07) is 21.9. The Morgan fingerprint density at radius 3 is 2.32 bits per heavy atom. The molecule has 3 aromatic rings. The van der Waals surface area contributed by atoms with Crippen LogP contribution in [0, 0.1) is 0 Å². The van der Waals surface area contributed by atoms with Crippen LogP contribution >= 0.6 is 11.5 Å². The van der Waals surface area contributed by atoms with E-state index in [0.29, 0.717) is 5.92 Å². The minimum Gasteiger partial charge on any atom is -0.298 e. The number of hydrogen-bond donors (Lipinski definition) is 1. The molecule has 1 aromatic heterocycles. The van der Waals surface area contributed by atoms with E-state index in [0.717, 1.165) is 6.42 Å². The molecule has 0 bridgehead atoms. The molecule has 0 spiro atoms. The molecule has 0 saturated heterocycles. The average molecular weight is 350 g/mol. The Morgan fingerprint density at radius 2 is 1.64 bits per heavy atom. The van der Waals surface area contributed by atoms with Crippen molar-refractivity contribution in [2.75, 3.05) is 0 Å². The van der Waals surface area contributed by atoms with Gasteiger partial charge in [-0.15, -0.1) is 5.10 Å². The van der Waals surface area contributed by atoms with Crippen molar-refractivity contribution in [3.05, 3.63) is 82.4 Å². The van der Waals surface area contributed by atoms with Crippen LogP contribution in [0.4, 0.5) is 0 Å². The second-order valence-electron chi connectivity index (χ2n) is 6.67. The maximum absolute atomic E-state index is 4.57. The van der Waals surface area contributed by atoms with Gasteiger partial charge >= 0.3 is 0 Å². The second-order valence-corrected chi connectivity index (χ2v) is 7.46. The van der Waals surface area contributed by atoms with Gasteiger partial charge in [0.05, 0.1) is 16.6 Å². The molecule has 4 heteroatoms. The normalized spacial score (nSPS) is 22.5. The van der Waals surface area contributed by atoms with Crippen molar-refractivity contribution in [3.8, 4) is 0 Å². The zero-order valence-corrected chi connectivity index (χ0v) is 15.2. The molecule has 1 N–H and O–H groups in total. The van der Waals surface area contributed by atoms with Crippen molar-refractivity contribution >= 4 is 11.5 Å². The minimum atomic E-state index is 0.166. The Morgan fingerprint density at radius 1 is 0.960 bits per heavy atom. The highest BCUT2D eigenvalue weighted by atomic mass is 32.1. The molecule has 0 radical (unpaired) electrons. The van der Waals surface area contributed by atoms with Crippen LogP contribution in [-0.4, -0.2) is 9.59 Å². The highest BCUT2D eigenvalue weighted by Crippen LogP contribution is 2.45. The van der Waals surface area contributed by atoms with Crippen molar-refractivity contribution in [1.82, 2.24) is 14.9 Å². The van der Waals surface area contributed by atoms with Crippen molar-refractivity contribution in [3.63, 3.8) is 0 Å². The van der Waals surface area contributed by atoms with Crippen LogP contribution in [0.5, 0.6) is 0 Å². The third-order valence-electron chi connectivity index (χ3n) is 5.06. The minimum absolute atomic E-state index is 0.166. The van der Waals surface area contributed by atoms with Crippen molar-refractivity contribution in [2.24, 2.45) is 0 Å². The van der Waals surface area contributed by atoms with Gasteiger partial charge in [-0.2, -0.15) is 0 Å². The molecule has 128 valence electrons. The first-order valence-electron chi connectivity index (χ1n) is 9.06. The van der Waals surface area contributed by atoms with Crippen molar-refractivity contribution < 1.29 is 0 Å². The van der Waals surface area contributed by atoms with Gasteiger partial charge < -0.3 is 0 Å². The van der Waals surface area contributed by atoms with Gasteiger partial charge in [0.1, 0.15) is 0 Å². The number of rotatable bonds is 5. The van der Waals surface area contributed by atoms with Gasteiger partial charge in [-0.1, -0.05) is 84.9 Å². The van der Waals surface area contributed by atoms with Crippen molar-refractivity contribution in [2.45, 2.75) is 44.2 Å². The Hall–Kier alpha value is -2.04. The van der Waals surface area contributed by atoms with Gasteiger partial charge in [-0.3, -0.25) is 5.32 Å². The third kappa shape index (κ3) is 3.24. The zero-order chi connectivity index (χ0) is 17.1. The SMILES string of the molecule is CCCCC1c2nnsc2C(c2ccccc2)NC1c1ccccc1. The van der Waals surface area contributed by atoms with Crippen molar-refractivity contribution in [1.29, 1.82) is 0 Å². The molecule has 0 aliphatic carbocycles. The highest BCUT2D eigenvalue weighted by molar-refractivity contribution is 7.05. The van der Waals surface area contributed by atoms with E-state index >= 15 is 0 Å². The predicted octanol–water partition coefficient (Wildman–Crippen LogP) is 5.25. The number of unbranched alkanes of at least 4 members (excludes halogenated alkanes) is 1. The lowest BCUT2D eigenvalue weighted by Gasteiger charge is -2.37. The molecule has 1 aliphatic rings. The first kappa shape index (κ1) is 16.4. The Labute approximate surface area is 153 Å². The quantitative estimate of drug-likeness (QED) is 0.684. The molecule has 0 fully saturated rings. The monoisotopic (exact) mass is 349 g/mol. The van der Waals surface area contributed by atoms with E-state index in [2.05, 4.69) is 82.5 Å². The standard InChI is InChI=1S/C21H23N3S/c1-2-3-14-17-18(15-10-6-4-7-11-15)22-19(16-12-8-5-9-13-16)21-20(17)23-24-25-21/h4-13,17-19,22H,2-3,14H2,1H3. The van der Waals surface area contributed by atoms with E-state index < -0.39 is 0 Å². The van der Waals surface area contributed by atoms with E-state index in [1.54, 1.807) is 0 Å². The molecule has 4 rings (SSSR count). The fraction of sp³-hybridized carbons (Fsp3) is 0.333. The first-order chi connectivity index (χ1) is 12.4. The number of nitrogens with zero attached hydrogens (tertiary/aromatic N) is 2. The summed E-state index contributed by atoms with van der Waals surface area (Å²) < 4.78 is 4.32. The molecule has 3 nitrogen and oxygen atoms in total. The lowest BCUT2D eigenvalue weighted by Crippen LogP contribution is -2.36. The fourth-order valence-electron chi connectivity index (χ4n) is 3.80. The molecule has 0 amide bonds. The molecule has 25 heavy (non-hydrogen) atoms. The zero-order valence-electron chi connectivity index (χ0n) is 14.4. The van der Waals surface area contributed by atoms with Crippen LogP contribution in [0.15, 0.2) is 60.7 Å². The summed E-state index contributed by atoms with van der Waals surface area (Å²) in [5.74, 6) is 0.385. The molecule has 3 unspecified atom stereocenters. The predicted molar refractivity (Wildman–Crippen MR) is 103 cm³/mol. The summed E-state index contributed by atoms with van der Waals surface area (Å²) in [7, 11) is 0. The second kappa shape index (κ2) is 7.46. The van der Waals surface area contributed by atoms with Gasteiger partial charge in [0.15, 0.2) is 0 Å². The third-order valence-corrected chi connectivity index (χ3v) is 5.87. The molecule has 2 aromatic carbocycles.